The molecule has 0 radical (unpaired) electrons. The van der Waals surface area contributed by atoms with Gasteiger partial charge in [-0.15, -0.1) is 0 Å². The van der Waals surface area contributed by atoms with E-state index >= 15 is 0 Å². The van der Waals surface area contributed by atoms with Crippen LogP contribution in [0.2, 0.25) is 0 Å². The third-order valence-electron chi connectivity index (χ3n) is 4.79. The molecule has 1 atom stereocenters. The maximum absolute atomic E-state index is 11.6. The monoisotopic (exact) mass is 301 g/mol. The summed E-state index contributed by atoms with van der Waals surface area (Å²) in [6.45, 7) is 5.75. The van der Waals surface area contributed by atoms with Gasteiger partial charge in [-0.25, -0.2) is 4.79 Å². The molecule has 22 heavy (non-hydrogen) atoms. The molecule has 1 saturated heterocycles. The number of nitrogens with one attached hydrogen (secondary N) is 2. The van der Waals surface area contributed by atoms with Crippen molar-refractivity contribution in [2.75, 3.05) is 19.6 Å². The van der Waals surface area contributed by atoms with Crippen LogP contribution in [0.15, 0.2) is 24.3 Å². The number of carbonyl (C=O) groups is 2. The van der Waals surface area contributed by atoms with E-state index < -0.39 is 0 Å². The largest absolute Gasteiger partial charge is 0.329 e. The maximum Gasteiger partial charge on any atom is 0.324 e. The summed E-state index contributed by atoms with van der Waals surface area (Å²) in [5.41, 5.74) is 2.95. The Bertz CT molecular complexity index is 581. The fourth-order valence-electron chi connectivity index (χ4n) is 3.46. The highest BCUT2D eigenvalue weighted by Gasteiger charge is 2.32. The lowest BCUT2D eigenvalue weighted by atomic mass is 9.71. The summed E-state index contributed by atoms with van der Waals surface area (Å²) >= 11 is 0. The zero-order chi connectivity index (χ0) is 15.7. The van der Waals surface area contributed by atoms with Gasteiger partial charge < -0.3 is 10.6 Å². The van der Waals surface area contributed by atoms with Crippen LogP contribution in [-0.2, 0) is 10.2 Å². The third-order valence-corrected chi connectivity index (χ3v) is 4.79. The fourth-order valence-corrected chi connectivity index (χ4v) is 3.46. The molecule has 1 heterocycles. The summed E-state index contributed by atoms with van der Waals surface area (Å²) in [4.78, 5) is 24.4. The molecule has 1 aliphatic carbocycles. The second kappa shape index (κ2) is 5.72. The maximum atomic E-state index is 11.6. The standard InChI is InChI=1S/C17H23N3O2/c1-17(2)8-7-14(12-5-3-4-6-13(12)17)18-9-10-20-15(21)11-19-16(20)22/h3-6,14,18H,7-11H2,1-2H3,(H,19,22)/t14-/m0/s1. The molecule has 2 aliphatic rings. The Morgan fingerprint density at radius 1 is 1.32 bits per heavy atom. The van der Waals surface area contributed by atoms with Crippen LogP contribution >= 0.6 is 0 Å². The molecular weight excluding hydrogens is 278 g/mol. The molecule has 1 aromatic carbocycles. The molecule has 1 aromatic rings. The number of hydrogen-bond acceptors (Lipinski definition) is 3. The van der Waals surface area contributed by atoms with Gasteiger partial charge in [-0.05, 0) is 29.4 Å². The van der Waals surface area contributed by atoms with Crippen LogP contribution in [0.25, 0.3) is 0 Å². The first-order valence-corrected chi connectivity index (χ1v) is 7.90. The molecule has 0 saturated carbocycles. The van der Waals surface area contributed by atoms with Crippen molar-refractivity contribution in [3.8, 4) is 0 Å². The first-order valence-electron chi connectivity index (χ1n) is 7.90. The zero-order valence-corrected chi connectivity index (χ0v) is 13.2. The average molecular weight is 301 g/mol. The van der Waals surface area contributed by atoms with Crippen molar-refractivity contribution in [3.63, 3.8) is 0 Å². The molecule has 2 N–H and O–H groups in total. The van der Waals surface area contributed by atoms with Crippen LogP contribution in [0.5, 0.6) is 0 Å². The van der Waals surface area contributed by atoms with Crippen molar-refractivity contribution in [1.29, 1.82) is 0 Å². The summed E-state index contributed by atoms with van der Waals surface area (Å²) in [5, 5.41) is 6.05. The van der Waals surface area contributed by atoms with E-state index in [1.54, 1.807) is 0 Å². The molecule has 5 nitrogen and oxygen atoms in total. The number of amides is 3. The Labute approximate surface area is 131 Å². The van der Waals surface area contributed by atoms with Crippen molar-refractivity contribution in [2.24, 2.45) is 0 Å². The van der Waals surface area contributed by atoms with Crippen LogP contribution < -0.4 is 10.6 Å². The average Bonchev–Trinajstić information content (AvgIpc) is 2.81. The molecule has 1 aliphatic heterocycles. The van der Waals surface area contributed by atoms with Gasteiger partial charge in [0.1, 0.15) is 0 Å². The predicted octanol–water partition coefficient (Wildman–Crippen LogP) is 1.94. The molecule has 118 valence electrons. The summed E-state index contributed by atoms with van der Waals surface area (Å²) in [6, 6.07) is 8.58. The minimum Gasteiger partial charge on any atom is -0.329 e. The van der Waals surface area contributed by atoms with E-state index in [1.807, 2.05) is 0 Å². The van der Waals surface area contributed by atoms with Crippen LogP contribution in [-0.4, -0.2) is 36.5 Å². The van der Waals surface area contributed by atoms with Crippen LogP contribution in [0, 0.1) is 0 Å². The quantitative estimate of drug-likeness (QED) is 0.836. The number of urea groups is 1. The van der Waals surface area contributed by atoms with Crippen LogP contribution in [0.1, 0.15) is 43.9 Å². The van der Waals surface area contributed by atoms with E-state index in [9.17, 15) is 9.59 Å². The molecule has 1 fully saturated rings. The molecule has 0 spiro atoms. The van der Waals surface area contributed by atoms with E-state index in [2.05, 4.69) is 48.7 Å². The van der Waals surface area contributed by atoms with Crippen molar-refractivity contribution >= 4 is 11.9 Å². The van der Waals surface area contributed by atoms with Gasteiger partial charge >= 0.3 is 6.03 Å². The smallest absolute Gasteiger partial charge is 0.324 e. The minimum atomic E-state index is -0.281. The Balaban J connectivity index is 1.64. The van der Waals surface area contributed by atoms with E-state index in [4.69, 9.17) is 0 Å². The number of fused-ring (bicyclic) bond motifs is 1. The van der Waals surface area contributed by atoms with Crippen molar-refractivity contribution in [1.82, 2.24) is 15.5 Å². The lowest BCUT2D eigenvalue weighted by Gasteiger charge is -2.37. The second-order valence-corrected chi connectivity index (χ2v) is 6.72. The number of rotatable bonds is 4. The Morgan fingerprint density at radius 2 is 2.09 bits per heavy atom. The molecule has 0 bridgehead atoms. The predicted molar refractivity (Wildman–Crippen MR) is 84.6 cm³/mol. The van der Waals surface area contributed by atoms with Gasteiger partial charge in [0.05, 0.1) is 6.54 Å². The Kier molecular flexibility index (Phi) is 3.91. The fraction of sp³-hybridized carbons (Fsp3) is 0.529. The molecule has 0 unspecified atom stereocenters. The number of carbonyl (C=O) groups excluding carboxylic acids is 2. The molecule has 0 aromatic heterocycles. The van der Waals surface area contributed by atoms with E-state index in [1.165, 1.54) is 16.0 Å². The second-order valence-electron chi connectivity index (χ2n) is 6.72. The number of hydrogen-bond donors (Lipinski definition) is 2. The number of imide groups is 1. The lowest BCUT2D eigenvalue weighted by molar-refractivity contribution is -0.124. The van der Waals surface area contributed by atoms with Gasteiger partial charge in [0.2, 0.25) is 5.91 Å². The normalized spacial score (nSPS) is 23.4. The van der Waals surface area contributed by atoms with Crippen LogP contribution in [0.4, 0.5) is 4.79 Å². The zero-order valence-electron chi connectivity index (χ0n) is 13.2. The SMILES string of the molecule is CC1(C)CC[C@H](NCCN2C(=O)CNC2=O)c2ccccc21. The van der Waals surface area contributed by atoms with Gasteiger partial charge in [-0.1, -0.05) is 38.1 Å². The van der Waals surface area contributed by atoms with Crippen LogP contribution in [0.3, 0.4) is 0 Å². The first-order chi connectivity index (χ1) is 10.5. The molecule has 3 amide bonds. The third kappa shape index (κ3) is 2.73. The molecule has 3 rings (SSSR count). The highest BCUT2D eigenvalue weighted by Crippen LogP contribution is 2.41. The van der Waals surface area contributed by atoms with Gasteiger partial charge in [0, 0.05) is 19.1 Å². The van der Waals surface area contributed by atoms with Gasteiger partial charge in [-0.3, -0.25) is 9.69 Å². The van der Waals surface area contributed by atoms with E-state index in [0.717, 1.165) is 12.8 Å². The molecule has 5 heteroatoms. The summed E-state index contributed by atoms with van der Waals surface area (Å²) in [6.07, 6.45) is 2.20. The Morgan fingerprint density at radius 3 is 2.82 bits per heavy atom. The number of nitrogens with zero attached hydrogens (tertiary/aromatic N) is 1. The minimum absolute atomic E-state index is 0.124. The first kappa shape index (κ1) is 15.0. The highest BCUT2D eigenvalue weighted by atomic mass is 16.2. The summed E-state index contributed by atoms with van der Waals surface area (Å²) < 4.78 is 0. The van der Waals surface area contributed by atoms with Crippen molar-refractivity contribution < 1.29 is 9.59 Å². The van der Waals surface area contributed by atoms with Gasteiger partial charge in [0.15, 0.2) is 0 Å². The van der Waals surface area contributed by atoms with Crippen molar-refractivity contribution in [2.45, 2.75) is 38.1 Å². The summed E-state index contributed by atoms with van der Waals surface area (Å²) in [7, 11) is 0. The van der Waals surface area contributed by atoms with Gasteiger partial charge in [-0.2, -0.15) is 0 Å². The van der Waals surface area contributed by atoms with E-state index in [0.29, 0.717) is 19.1 Å². The van der Waals surface area contributed by atoms with E-state index in [-0.39, 0.29) is 23.9 Å². The number of benzene rings is 1. The lowest BCUT2D eigenvalue weighted by Crippen LogP contribution is -2.39. The van der Waals surface area contributed by atoms with Crippen molar-refractivity contribution in [3.05, 3.63) is 35.4 Å². The molecular formula is C17H23N3O2. The van der Waals surface area contributed by atoms with Gasteiger partial charge in [0.25, 0.3) is 0 Å². The summed E-state index contributed by atoms with van der Waals surface area (Å²) in [5.74, 6) is -0.142. The Hall–Kier alpha value is -1.88. The topological polar surface area (TPSA) is 61.4 Å². The highest BCUT2D eigenvalue weighted by molar-refractivity contribution is 6.01.